The van der Waals surface area contributed by atoms with Crippen LogP contribution in [0.15, 0.2) is 84.9 Å². The highest BCUT2D eigenvalue weighted by molar-refractivity contribution is 6.96. The van der Waals surface area contributed by atoms with Gasteiger partial charge in [0.15, 0.2) is 0 Å². The first-order valence-electron chi connectivity index (χ1n) is 16.3. The molecule has 0 N–H and O–H groups in total. The van der Waals surface area contributed by atoms with Gasteiger partial charge in [0.25, 0.3) is 0 Å². The molecule has 0 amide bonds. The van der Waals surface area contributed by atoms with Gasteiger partial charge in [0.1, 0.15) is 0 Å². The summed E-state index contributed by atoms with van der Waals surface area (Å²) < 4.78 is 0. The van der Waals surface area contributed by atoms with Crippen molar-refractivity contribution in [3.05, 3.63) is 129 Å². The summed E-state index contributed by atoms with van der Waals surface area (Å²) in [4.78, 5) is 7.27. The SMILES string of the molecule is Cc1cc(C)c(B(c2ccc3c(c2)CN2CN3Cc3cc(-c4ccc(N(C)C)cc4)ccc32)c2c(C)cc(C)cc2C)c(C)c1. The van der Waals surface area contributed by atoms with E-state index >= 15 is 0 Å². The Balaban J connectivity index is 1.28. The molecule has 2 heterocycles. The fourth-order valence-corrected chi connectivity index (χ4v) is 8.18. The van der Waals surface area contributed by atoms with Gasteiger partial charge >= 0.3 is 0 Å². The molecule has 3 nitrogen and oxygen atoms in total. The smallest absolute Gasteiger partial charge is 0.242 e. The lowest BCUT2D eigenvalue weighted by molar-refractivity contribution is 0.651. The van der Waals surface area contributed by atoms with Gasteiger partial charge in [-0.1, -0.05) is 104 Å². The van der Waals surface area contributed by atoms with E-state index in [1.807, 2.05) is 0 Å². The van der Waals surface area contributed by atoms with E-state index in [4.69, 9.17) is 0 Å². The van der Waals surface area contributed by atoms with Crippen molar-refractivity contribution in [2.45, 2.75) is 54.6 Å². The number of nitrogens with zero attached hydrogens (tertiary/aromatic N) is 3. The van der Waals surface area contributed by atoms with Gasteiger partial charge in [0, 0.05) is 44.2 Å². The molecule has 0 aliphatic carbocycles. The lowest BCUT2D eigenvalue weighted by Crippen LogP contribution is -2.56. The molecule has 0 saturated heterocycles. The molecule has 2 aliphatic heterocycles. The Kier molecular flexibility index (Phi) is 7.27. The van der Waals surface area contributed by atoms with Crippen molar-refractivity contribution in [3.63, 3.8) is 0 Å². The van der Waals surface area contributed by atoms with Gasteiger partial charge in [-0.2, -0.15) is 0 Å². The summed E-state index contributed by atoms with van der Waals surface area (Å²) in [5, 5.41) is 0. The van der Waals surface area contributed by atoms with Crippen LogP contribution >= 0.6 is 0 Å². The maximum Gasteiger partial charge on any atom is 0.242 e. The van der Waals surface area contributed by atoms with Gasteiger partial charge in [0.2, 0.25) is 6.71 Å². The van der Waals surface area contributed by atoms with E-state index in [9.17, 15) is 0 Å². The summed E-state index contributed by atoms with van der Waals surface area (Å²) in [6.45, 7) is 16.6. The van der Waals surface area contributed by atoms with Crippen LogP contribution in [-0.4, -0.2) is 27.5 Å². The Morgan fingerprint density at radius 2 is 1.00 bits per heavy atom. The van der Waals surface area contributed by atoms with Crippen LogP contribution in [-0.2, 0) is 13.1 Å². The number of rotatable bonds is 5. The highest BCUT2D eigenvalue weighted by Crippen LogP contribution is 2.39. The van der Waals surface area contributed by atoms with Gasteiger partial charge in [-0.25, -0.2) is 0 Å². The van der Waals surface area contributed by atoms with E-state index in [2.05, 4.69) is 155 Å². The third-order valence-electron chi connectivity index (χ3n) is 10.0. The second-order valence-corrected chi connectivity index (χ2v) is 13.8. The third-order valence-corrected chi connectivity index (χ3v) is 10.0. The summed E-state index contributed by atoms with van der Waals surface area (Å²) in [6.07, 6.45) is 0. The van der Waals surface area contributed by atoms with Crippen LogP contribution in [0.3, 0.4) is 0 Å². The van der Waals surface area contributed by atoms with Crippen LogP contribution in [0.5, 0.6) is 0 Å². The molecule has 7 rings (SSSR count). The first kappa shape index (κ1) is 29.3. The van der Waals surface area contributed by atoms with Gasteiger partial charge in [-0.15, -0.1) is 0 Å². The van der Waals surface area contributed by atoms with Crippen LogP contribution in [0.4, 0.5) is 17.1 Å². The maximum atomic E-state index is 2.56. The van der Waals surface area contributed by atoms with E-state index in [1.54, 1.807) is 0 Å². The fraction of sp³-hybridized carbons (Fsp3) is 0.268. The normalized spacial score (nSPS) is 13.4. The summed E-state index contributed by atoms with van der Waals surface area (Å²) in [5.74, 6) is 0. The second kappa shape index (κ2) is 11.2. The minimum Gasteiger partial charge on any atom is -0.378 e. The summed E-state index contributed by atoms with van der Waals surface area (Å²) in [6, 6.07) is 32.7. The molecule has 226 valence electrons. The van der Waals surface area contributed by atoms with Crippen molar-refractivity contribution < 1.29 is 0 Å². The zero-order valence-corrected chi connectivity index (χ0v) is 28.1. The monoisotopic (exact) mass is 589 g/mol. The van der Waals surface area contributed by atoms with Gasteiger partial charge in [-0.3, -0.25) is 0 Å². The topological polar surface area (TPSA) is 9.72 Å². The Morgan fingerprint density at radius 3 is 1.51 bits per heavy atom. The maximum absolute atomic E-state index is 2.56. The highest BCUT2D eigenvalue weighted by atomic mass is 15.4. The van der Waals surface area contributed by atoms with E-state index in [0.717, 1.165) is 19.8 Å². The molecule has 0 unspecified atom stereocenters. The summed E-state index contributed by atoms with van der Waals surface area (Å²) in [5.41, 5.74) is 21.8. The van der Waals surface area contributed by atoms with Crippen LogP contribution in [0.25, 0.3) is 11.1 Å². The summed E-state index contributed by atoms with van der Waals surface area (Å²) >= 11 is 0. The first-order valence-corrected chi connectivity index (χ1v) is 16.3. The molecule has 0 spiro atoms. The molecule has 0 saturated carbocycles. The molecule has 5 aromatic carbocycles. The molecular formula is C41H44BN3. The molecule has 5 aromatic rings. The lowest BCUT2D eigenvalue weighted by atomic mass is 9.34. The van der Waals surface area contributed by atoms with Crippen molar-refractivity contribution in [2.75, 3.05) is 35.5 Å². The average molecular weight is 590 g/mol. The molecule has 0 fully saturated rings. The van der Waals surface area contributed by atoms with Gasteiger partial charge < -0.3 is 14.7 Å². The number of hydrogen-bond acceptors (Lipinski definition) is 3. The quantitative estimate of drug-likeness (QED) is 0.203. The second-order valence-electron chi connectivity index (χ2n) is 13.8. The fourth-order valence-electron chi connectivity index (χ4n) is 8.18. The first-order chi connectivity index (χ1) is 21.6. The average Bonchev–Trinajstić information content (AvgIpc) is 2.99. The third kappa shape index (κ3) is 5.21. The number of hydrogen-bond donors (Lipinski definition) is 0. The zero-order valence-electron chi connectivity index (χ0n) is 28.1. The van der Waals surface area contributed by atoms with Crippen molar-refractivity contribution in [1.82, 2.24) is 0 Å². The van der Waals surface area contributed by atoms with E-state index in [-0.39, 0.29) is 6.71 Å². The Bertz CT molecular complexity index is 1830. The predicted octanol–water partition coefficient (Wildman–Crippen LogP) is 7.08. The number of benzene rings is 5. The zero-order chi connectivity index (χ0) is 31.6. The Morgan fingerprint density at radius 1 is 0.533 bits per heavy atom. The van der Waals surface area contributed by atoms with Crippen LogP contribution in [0.2, 0.25) is 0 Å². The standard InChI is InChI=1S/C41H44BN3/c1-26-17-28(3)40(29(4)18-26)42(41-30(5)19-27(2)20-31(41)6)36-12-16-39-35(22-36)24-45-25-44(39)23-34-21-33(11-15-38(34)45)32-9-13-37(14-10-32)43(7)8/h9-22H,23-25H2,1-8H3. The number of fused-ring (bicyclic) bond motifs is 6. The van der Waals surface area contributed by atoms with Crippen LogP contribution < -0.4 is 31.1 Å². The van der Waals surface area contributed by atoms with Crippen LogP contribution in [0, 0.1) is 41.5 Å². The summed E-state index contributed by atoms with van der Waals surface area (Å²) in [7, 11) is 4.18. The molecule has 45 heavy (non-hydrogen) atoms. The molecule has 0 aromatic heterocycles. The van der Waals surface area contributed by atoms with E-state index in [0.29, 0.717) is 0 Å². The minimum atomic E-state index is 0.192. The largest absolute Gasteiger partial charge is 0.378 e. The molecule has 4 heteroatoms. The minimum absolute atomic E-state index is 0.192. The molecule has 2 aliphatic rings. The molecule has 0 radical (unpaired) electrons. The molecular weight excluding hydrogens is 545 g/mol. The lowest BCUT2D eigenvalue weighted by Gasteiger charge is -2.45. The predicted molar refractivity (Wildman–Crippen MR) is 196 cm³/mol. The molecule has 2 bridgehead atoms. The van der Waals surface area contributed by atoms with E-state index < -0.39 is 0 Å². The number of anilines is 3. The van der Waals surface area contributed by atoms with Crippen molar-refractivity contribution in [3.8, 4) is 11.1 Å². The van der Waals surface area contributed by atoms with E-state index in [1.165, 1.54) is 89.1 Å². The van der Waals surface area contributed by atoms with Crippen molar-refractivity contribution in [2.24, 2.45) is 0 Å². The highest BCUT2D eigenvalue weighted by Gasteiger charge is 2.33. The Hall–Kier alpha value is -4.44. The Labute approximate surface area is 270 Å². The van der Waals surface area contributed by atoms with Crippen LogP contribution in [0.1, 0.15) is 44.5 Å². The van der Waals surface area contributed by atoms with Gasteiger partial charge in [0.05, 0.1) is 6.67 Å². The van der Waals surface area contributed by atoms with Gasteiger partial charge in [-0.05, 0) is 94.1 Å². The number of aryl methyl sites for hydroxylation is 6. The van der Waals surface area contributed by atoms with Crippen molar-refractivity contribution in [1.29, 1.82) is 0 Å². The van der Waals surface area contributed by atoms with Crippen molar-refractivity contribution >= 4 is 40.2 Å². The molecule has 0 atom stereocenters.